The molecule has 6 heteroatoms. The first-order valence-electron chi connectivity index (χ1n) is 6.03. The second-order valence-corrected chi connectivity index (χ2v) is 4.32. The van der Waals surface area contributed by atoms with E-state index in [2.05, 4.69) is 16.0 Å². The van der Waals surface area contributed by atoms with Crippen molar-refractivity contribution in [1.82, 2.24) is 9.97 Å². The highest BCUT2D eigenvalue weighted by atomic mass is 19.1. The first kappa shape index (κ1) is 13.2. The van der Waals surface area contributed by atoms with Gasteiger partial charge in [-0.15, -0.1) is 0 Å². The van der Waals surface area contributed by atoms with Gasteiger partial charge in [0.1, 0.15) is 23.0 Å². The molecular formula is C15H9F2N2O2. The normalized spacial score (nSPS) is 10.8. The average molecular weight is 287 g/mol. The number of carbonyl (C=O) groups is 1. The number of hydrogen-bond donors (Lipinski definition) is 1. The summed E-state index contributed by atoms with van der Waals surface area (Å²) >= 11 is 0. The molecule has 1 radical (unpaired) electrons. The van der Waals surface area contributed by atoms with Crippen molar-refractivity contribution in [3.05, 3.63) is 59.4 Å². The van der Waals surface area contributed by atoms with Crippen LogP contribution in [0.4, 0.5) is 8.78 Å². The Morgan fingerprint density at radius 2 is 2.24 bits per heavy atom. The van der Waals surface area contributed by atoms with E-state index in [0.29, 0.717) is 16.8 Å². The maximum Gasteiger partial charge on any atom is 0.201 e. The minimum atomic E-state index is -1.02. The smallest absolute Gasteiger partial charge is 0.201 e. The summed E-state index contributed by atoms with van der Waals surface area (Å²) in [6.07, 6.45) is 2.84. The molecule has 0 aliphatic rings. The van der Waals surface area contributed by atoms with Crippen LogP contribution in [0.1, 0.15) is 15.9 Å². The molecule has 0 amide bonds. The molecule has 0 atom stereocenters. The second kappa shape index (κ2) is 4.97. The Labute approximate surface area is 118 Å². The average Bonchev–Trinajstić information content (AvgIpc) is 2.89. The summed E-state index contributed by atoms with van der Waals surface area (Å²) in [6, 6.07) is 5.83. The van der Waals surface area contributed by atoms with Crippen molar-refractivity contribution in [3.8, 4) is 5.75 Å². The number of rotatable bonds is 3. The van der Waals surface area contributed by atoms with Crippen molar-refractivity contribution >= 4 is 16.8 Å². The molecule has 4 nitrogen and oxygen atoms in total. The third-order valence-corrected chi connectivity index (χ3v) is 3.11. The van der Waals surface area contributed by atoms with Crippen LogP contribution in [-0.4, -0.2) is 22.9 Å². The molecule has 0 fully saturated rings. The zero-order valence-electron chi connectivity index (χ0n) is 10.9. The van der Waals surface area contributed by atoms with Gasteiger partial charge in [0.2, 0.25) is 5.78 Å². The SMILES string of the molecule is COc1cnc2[nH]cc(C(=O)c3c(F)[c]ccc3F)c2c1. The minimum absolute atomic E-state index is 0.119. The number of fused-ring (bicyclic) bond motifs is 1. The van der Waals surface area contributed by atoms with E-state index in [0.717, 1.165) is 12.1 Å². The van der Waals surface area contributed by atoms with Crippen LogP contribution < -0.4 is 4.74 Å². The van der Waals surface area contributed by atoms with E-state index >= 15 is 0 Å². The first-order valence-corrected chi connectivity index (χ1v) is 6.03. The fraction of sp³-hybridized carbons (Fsp3) is 0.0667. The van der Waals surface area contributed by atoms with Gasteiger partial charge in [-0.2, -0.15) is 0 Å². The summed E-state index contributed by atoms with van der Waals surface area (Å²) in [5.74, 6) is -2.29. The molecule has 0 bridgehead atoms. The zero-order valence-corrected chi connectivity index (χ0v) is 10.9. The van der Waals surface area contributed by atoms with E-state index in [1.807, 2.05) is 0 Å². The van der Waals surface area contributed by atoms with Gasteiger partial charge in [0.15, 0.2) is 0 Å². The minimum Gasteiger partial charge on any atom is -0.495 e. The molecular weight excluding hydrogens is 278 g/mol. The van der Waals surface area contributed by atoms with Gasteiger partial charge in [-0.3, -0.25) is 4.79 Å². The van der Waals surface area contributed by atoms with E-state index in [9.17, 15) is 13.6 Å². The van der Waals surface area contributed by atoms with E-state index in [1.54, 1.807) is 6.07 Å². The summed E-state index contributed by atoms with van der Waals surface area (Å²) in [6.45, 7) is 0. The van der Waals surface area contributed by atoms with Crippen LogP contribution in [-0.2, 0) is 0 Å². The van der Waals surface area contributed by atoms with Crippen molar-refractivity contribution < 1.29 is 18.3 Å². The molecule has 0 spiro atoms. The Kier molecular flexibility index (Phi) is 3.13. The number of hydrogen-bond acceptors (Lipinski definition) is 3. The molecule has 3 aromatic rings. The highest BCUT2D eigenvalue weighted by molar-refractivity contribution is 6.16. The van der Waals surface area contributed by atoms with Gasteiger partial charge in [0.25, 0.3) is 0 Å². The lowest BCUT2D eigenvalue weighted by Crippen LogP contribution is -2.07. The molecule has 0 aliphatic carbocycles. The number of ketones is 1. The molecule has 3 rings (SSSR count). The molecule has 2 aromatic heterocycles. The number of halogens is 2. The molecule has 1 N–H and O–H groups in total. The molecule has 105 valence electrons. The third kappa shape index (κ3) is 2.14. The molecule has 21 heavy (non-hydrogen) atoms. The molecule has 2 heterocycles. The van der Waals surface area contributed by atoms with Crippen LogP contribution >= 0.6 is 0 Å². The molecule has 0 unspecified atom stereocenters. The highest BCUT2D eigenvalue weighted by Crippen LogP contribution is 2.25. The molecule has 0 aliphatic heterocycles. The number of H-pyrrole nitrogens is 1. The summed E-state index contributed by atoms with van der Waals surface area (Å²) in [7, 11) is 1.46. The summed E-state index contributed by atoms with van der Waals surface area (Å²) < 4.78 is 32.4. The number of carbonyl (C=O) groups excluding carboxylic acids is 1. The predicted molar refractivity (Wildman–Crippen MR) is 71.3 cm³/mol. The Morgan fingerprint density at radius 1 is 1.43 bits per heavy atom. The number of aromatic amines is 1. The van der Waals surface area contributed by atoms with Gasteiger partial charge in [-0.25, -0.2) is 13.8 Å². The lowest BCUT2D eigenvalue weighted by Gasteiger charge is -2.03. The quantitative estimate of drug-likeness (QED) is 0.754. The van der Waals surface area contributed by atoms with E-state index in [-0.39, 0.29) is 5.56 Å². The zero-order chi connectivity index (χ0) is 15.0. The highest BCUT2D eigenvalue weighted by Gasteiger charge is 2.22. The summed E-state index contributed by atoms with van der Waals surface area (Å²) in [4.78, 5) is 19.2. The Hall–Kier alpha value is -2.76. The fourth-order valence-electron chi connectivity index (χ4n) is 2.07. The molecule has 0 saturated heterocycles. The van der Waals surface area contributed by atoms with Gasteiger partial charge < -0.3 is 9.72 Å². The van der Waals surface area contributed by atoms with Crippen LogP contribution in [0.2, 0.25) is 0 Å². The Bertz CT molecular complexity index is 823. The number of ether oxygens (including phenoxy) is 1. The lowest BCUT2D eigenvalue weighted by molar-refractivity contribution is 0.103. The van der Waals surface area contributed by atoms with Crippen molar-refractivity contribution in [2.45, 2.75) is 0 Å². The van der Waals surface area contributed by atoms with E-state index in [4.69, 9.17) is 4.74 Å². The van der Waals surface area contributed by atoms with Crippen molar-refractivity contribution in [2.24, 2.45) is 0 Å². The fourth-order valence-corrected chi connectivity index (χ4v) is 2.07. The van der Waals surface area contributed by atoms with Gasteiger partial charge >= 0.3 is 0 Å². The van der Waals surface area contributed by atoms with Crippen molar-refractivity contribution in [2.75, 3.05) is 7.11 Å². The molecule has 0 saturated carbocycles. The maximum absolute atomic E-state index is 13.7. The summed E-state index contributed by atoms with van der Waals surface area (Å²) in [5, 5.41) is 0.432. The van der Waals surface area contributed by atoms with Crippen molar-refractivity contribution in [1.29, 1.82) is 0 Å². The van der Waals surface area contributed by atoms with Crippen LogP contribution in [0, 0.1) is 17.7 Å². The third-order valence-electron chi connectivity index (χ3n) is 3.11. The standard InChI is InChI=1S/C15H9F2N2O2/c1-21-8-5-9-10(7-19-15(9)18-6-8)14(20)13-11(16)3-2-4-12(13)17/h2-3,5-7H,1H3,(H,18,19). The van der Waals surface area contributed by atoms with E-state index in [1.165, 1.54) is 19.5 Å². The number of aromatic nitrogens is 2. The second-order valence-electron chi connectivity index (χ2n) is 4.32. The number of nitrogens with one attached hydrogen (secondary N) is 1. The van der Waals surface area contributed by atoms with Gasteiger partial charge in [0, 0.05) is 23.2 Å². The number of methoxy groups -OCH3 is 1. The number of nitrogens with zero attached hydrogens (tertiary/aromatic N) is 1. The molecule has 1 aromatic carbocycles. The van der Waals surface area contributed by atoms with Crippen LogP contribution in [0.15, 0.2) is 30.6 Å². The van der Waals surface area contributed by atoms with E-state index < -0.39 is 23.0 Å². The van der Waals surface area contributed by atoms with Gasteiger partial charge in [0.05, 0.1) is 18.9 Å². The lowest BCUT2D eigenvalue weighted by atomic mass is 10.0. The van der Waals surface area contributed by atoms with Gasteiger partial charge in [-0.1, -0.05) is 0 Å². The number of benzene rings is 1. The van der Waals surface area contributed by atoms with Crippen LogP contribution in [0.3, 0.4) is 0 Å². The topological polar surface area (TPSA) is 55.0 Å². The van der Waals surface area contributed by atoms with Crippen LogP contribution in [0.5, 0.6) is 5.75 Å². The monoisotopic (exact) mass is 287 g/mol. The maximum atomic E-state index is 13.7. The van der Waals surface area contributed by atoms with Gasteiger partial charge in [-0.05, 0) is 18.2 Å². The number of pyridine rings is 1. The van der Waals surface area contributed by atoms with Crippen LogP contribution in [0.25, 0.3) is 11.0 Å². The Balaban J connectivity index is 2.18. The van der Waals surface area contributed by atoms with Crippen molar-refractivity contribution in [3.63, 3.8) is 0 Å². The summed E-state index contributed by atoms with van der Waals surface area (Å²) in [5.41, 5.74) is -0.0881. The largest absolute Gasteiger partial charge is 0.495 e. The predicted octanol–water partition coefficient (Wildman–Crippen LogP) is 2.88. The first-order chi connectivity index (χ1) is 10.1. The Morgan fingerprint density at radius 3 is 2.95 bits per heavy atom.